The zero-order valence-electron chi connectivity index (χ0n) is 13.5. The number of nitrogens with one attached hydrogen (secondary N) is 2. The van der Waals surface area contributed by atoms with Gasteiger partial charge in [-0.05, 0) is 6.07 Å². The van der Waals surface area contributed by atoms with Gasteiger partial charge in [-0.15, -0.1) is 0 Å². The van der Waals surface area contributed by atoms with Crippen LogP contribution in [0.1, 0.15) is 5.56 Å². The third-order valence-corrected chi connectivity index (χ3v) is 3.72. The van der Waals surface area contributed by atoms with Crippen molar-refractivity contribution >= 4 is 29.1 Å². The number of rotatable bonds is 7. The minimum atomic E-state index is -0.917. The first-order valence-electron chi connectivity index (χ1n) is 7.66. The van der Waals surface area contributed by atoms with Crippen LogP contribution in [0.3, 0.4) is 0 Å². The van der Waals surface area contributed by atoms with Gasteiger partial charge in [0.15, 0.2) is 17.5 Å². The summed E-state index contributed by atoms with van der Waals surface area (Å²) in [6.07, 6.45) is 4.63. The van der Waals surface area contributed by atoms with Crippen LogP contribution in [0, 0.1) is 11.6 Å². The largest absolute Gasteiger partial charge is 0.394 e. The summed E-state index contributed by atoms with van der Waals surface area (Å²) in [5, 5.41) is 19.0. The average molecular weight is 381 g/mol. The molecule has 2 aromatic heterocycles. The summed E-state index contributed by atoms with van der Waals surface area (Å²) in [5.74, 6) is -1.31. The summed E-state index contributed by atoms with van der Waals surface area (Å²) < 4.78 is 28.5. The van der Waals surface area contributed by atoms with Gasteiger partial charge in [-0.1, -0.05) is 23.7 Å². The number of anilines is 3. The summed E-state index contributed by atoms with van der Waals surface area (Å²) in [7, 11) is 0. The lowest BCUT2D eigenvalue weighted by atomic mass is 10.2. The molecule has 0 radical (unpaired) electrons. The number of halogens is 3. The molecule has 0 aliphatic heterocycles. The van der Waals surface area contributed by atoms with Crippen LogP contribution in [-0.4, -0.2) is 31.5 Å². The van der Waals surface area contributed by atoms with E-state index in [1.807, 2.05) is 0 Å². The molecule has 0 aliphatic carbocycles. The van der Waals surface area contributed by atoms with Gasteiger partial charge in [0.25, 0.3) is 0 Å². The quantitative estimate of drug-likeness (QED) is 0.584. The van der Waals surface area contributed by atoms with Crippen molar-refractivity contribution < 1.29 is 13.9 Å². The van der Waals surface area contributed by atoms with Crippen LogP contribution in [0.2, 0.25) is 5.02 Å². The zero-order chi connectivity index (χ0) is 18.5. The summed E-state index contributed by atoms with van der Waals surface area (Å²) in [4.78, 5) is 8.28. The van der Waals surface area contributed by atoms with Crippen LogP contribution in [0.5, 0.6) is 0 Å². The van der Waals surface area contributed by atoms with Crippen molar-refractivity contribution in [2.75, 3.05) is 17.2 Å². The fourth-order valence-corrected chi connectivity index (χ4v) is 2.36. The minimum absolute atomic E-state index is 0.00813. The van der Waals surface area contributed by atoms with E-state index in [1.165, 1.54) is 18.3 Å². The van der Waals surface area contributed by atoms with E-state index in [0.29, 0.717) is 12.2 Å². The number of aromatic nitrogens is 4. The van der Waals surface area contributed by atoms with Gasteiger partial charge in [0, 0.05) is 18.3 Å². The lowest BCUT2D eigenvalue weighted by molar-refractivity contribution is 0.269. The summed E-state index contributed by atoms with van der Waals surface area (Å²) in [5.41, 5.74) is 0.780. The van der Waals surface area contributed by atoms with Gasteiger partial charge in [-0.2, -0.15) is 10.1 Å². The highest BCUT2D eigenvalue weighted by Crippen LogP contribution is 2.22. The van der Waals surface area contributed by atoms with Crippen molar-refractivity contribution in [3.8, 4) is 0 Å². The van der Waals surface area contributed by atoms with E-state index >= 15 is 0 Å². The second-order valence-electron chi connectivity index (χ2n) is 5.30. The molecule has 0 atom stereocenters. The Labute approximate surface area is 152 Å². The normalized spacial score (nSPS) is 10.8. The molecule has 3 aromatic rings. The second kappa shape index (κ2) is 8.07. The van der Waals surface area contributed by atoms with Crippen LogP contribution in [-0.2, 0) is 13.1 Å². The molecule has 10 heteroatoms. The predicted octanol–water partition coefficient (Wildman–Crippen LogP) is 2.95. The summed E-state index contributed by atoms with van der Waals surface area (Å²) >= 11 is 6.05. The van der Waals surface area contributed by atoms with Crippen LogP contribution in [0.15, 0.2) is 36.8 Å². The molecule has 0 saturated heterocycles. The molecule has 2 heterocycles. The third-order valence-electron chi connectivity index (χ3n) is 3.44. The summed E-state index contributed by atoms with van der Waals surface area (Å²) in [6.45, 7) is 0.354. The number of hydrogen-bond acceptors (Lipinski definition) is 6. The maximum atomic E-state index is 13.7. The smallest absolute Gasteiger partial charge is 0.229 e. The third kappa shape index (κ3) is 4.24. The predicted molar refractivity (Wildman–Crippen MR) is 93.3 cm³/mol. The van der Waals surface area contributed by atoms with E-state index in [9.17, 15) is 8.78 Å². The van der Waals surface area contributed by atoms with Crippen molar-refractivity contribution in [3.63, 3.8) is 0 Å². The first-order chi connectivity index (χ1) is 12.6. The number of benzene rings is 1. The van der Waals surface area contributed by atoms with E-state index in [2.05, 4.69) is 25.7 Å². The van der Waals surface area contributed by atoms with E-state index < -0.39 is 11.6 Å². The number of nitrogens with zero attached hydrogens (tertiary/aromatic N) is 4. The highest BCUT2D eigenvalue weighted by Gasteiger charge is 2.10. The molecular formula is C16H15ClF2N6O. The van der Waals surface area contributed by atoms with Gasteiger partial charge in [0.1, 0.15) is 5.02 Å². The number of hydrogen-bond donors (Lipinski definition) is 3. The van der Waals surface area contributed by atoms with Crippen molar-refractivity contribution in [1.29, 1.82) is 0 Å². The van der Waals surface area contributed by atoms with E-state index in [0.717, 1.165) is 6.07 Å². The second-order valence-corrected chi connectivity index (χ2v) is 5.70. The molecule has 0 saturated carbocycles. The molecule has 1 aromatic carbocycles. The number of aliphatic hydroxyl groups excluding tert-OH is 1. The lowest BCUT2D eigenvalue weighted by Crippen LogP contribution is -2.07. The van der Waals surface area contributed by atoms with Gasteiger partial charge < -0.3 is 15.7 Å². The standard InChI is InChI=1S/C16H15ClF2N6O/c17-12-8-21-16(23-11-7-22-25(9-11)4-5-26)24-15(12)20-6-10-2-1-3-13(18)14(10)19/h1-3,7-9,26H,4-6H2,(H2,20,21,23,24). The fourth-order valence-electron chi connectivity index (χ4n) is 2.20. The topological polar surface area (TPSA) is 87.9 Å². The monoisotopic (exact) mass is 380 g/mol. The Morgan fingerprint density at radius 3 is 2.88 bits per heavy atom. The SMILES string of the molecule is OCCn1cc(Nc2ncc(Cl)c(NCc3cccc(F)c3F)n2)cn1. The molecule has 0 amide bonds. The Hall–Kier alpha value is -2.78. The first kappa shape index (κ1) is 18.0. The van der Waals surface area contributed by atoms with Crippen LogP contribution < -0.4 is 10.6 Å². The highest BCUT2D eigenvalue weighted by atomic mass is 35.5. The number of aliphatic hydroxyl groups is 1. The Kier molecular flexibility index (Phi) is 5.59. The van der Waals surface area contributed by atoms with Crippen LogP contribution >= 0.6 is 11.6 Å². The van der Waals surface area contributed by atoms with Crippen molar-refractivity contribution in [2.24, 2.45) is 0 Å². The molecule has 7 nitrogen and oxygen atoms in total. The Morgan fingerprint density at radius 1 is 1.23 bits per heavy atom. The van der Waals surface area contributed by atoms with Crippen molar-refractivity contribution in [1.82, 2.24) is 19.7 Å². The molecule has 136 valence electrons. The van der Waals surface area contributed by atoms with Gasteiger partial charge in [0.2, 0.25) is 5.95 Å². The Morgan fingerprint density at radius 2 is 2.08 bits per heavy atom. The molecule has 26 heavy (non-hydrogen) atoms. The van der Waals surface area contributed by atoms with E-state index in [-0.39, 0.29) is 35.5 Å². The van der Waals surface area contributed by atoms with Gasteiger partial charge >= 0.3 is 0 Å². The minimum Gasteiger partial charge on any atom is -0.394 e. The maximum absolute atomic E-state index is 13.7. The maximum Gasteiger partial charge on any atom is 0.229 e. The average Bonchev–Trinajstić information content (AvgIpc) is 3.06. The molecule has 3 rings (SSSR count). The zero-order valence-corrected chi connectivity index (χ0v) is 14.2. The Bertz CT molecular complexity index is 904. The summed E-state index contributed by atoms with van der Waals surface area (Å²) in [6, 6.07) is 3.94. The molecule has 0 unspecified atom stereocenters. The van der Waals surface area contributed by atoms with Crippen LogP contribution in [0.25, 0.3) is 0 Å². The molecule has 0 spiro atoms. The van der Waals surface area contributed by atoms with E-state index in [4.69, 9.17) is 16.7 Å². The molecular weight excluding hydrogens is 366 g/mol. The molecule has 0 aliphatic rings. The van der Waals surface area contributed by atoms with Crippen molar-refractivity contribution in [3.05, 3.63) is 59.0 Å². The van der Waals surface area contributed by atoms with Crippen molar-refractivity contribution in [2.45, 2.75) is 13.1 Å². The van der Waals surface area contributed by atoms with E-state index in [1.54, 1.807) is 17.1 Å². The molecule has 3 N–H and O–H groups in total. The van der Waals surface area contributed by atoms with Gasteiger partial charge in [0.05, 0.1) is 31.2 Å². The lowest BCUT2D eigenvalue weighted by Gasteiger charge is -2.10. The van der Waals surface area contributed by atoms with Gasteiger partial charge in [-0.25, -0.2) is 13.8 Å². The molecule has 0 bridgehead atoms. The highest BCUT2D eigenvalue weighted by molar-refractivity contribution is 6.32. The first-order valence-corrected chi connectivity index (χ1v) is 8.04. The fraction of sp³-hybridized carbons (Fsp3) is 0.188. The van der Waals surface area contributed by atoms with Gasteiger partial charge in [-0.3, -0.25) is 4.68 Å². The Balaban J connectivity index is 1.71. The van der Waals surface area contributed by atoms with Crippen LogP contribution in [0.4, 0.5) is 26.2 Å². The molecule has 0 fully saturated rings.